The van der Waals surface area contributed by atoms with Crippen molar-refractivity contribution in [2.45, 2.75) is 26.1 Å². The van der Waals surface area contributed by atoms with Gasteiger partial charge < -0.3 is 10.1 Å². The number of carbonyl (C=O) groups is 1. The van der Waals surface area contributed by atoms with Gasteiger partial charge in [-0.2, -0.15) is 5.10 Å². The molecule has 2 aromatic rings. The SMILES string of the molecule is C[C@@H]1Cn2nc(COc3ccccc3)cc2C(=O)N1. The van der Waals surface area contributed by atoms with Crippen LogP contribution in [0.5, 0.6) is 5.75 Å². The van der Waals surface area contributed by atoms with Gasteiger partial charge >= 0.3 is 0 Å². The molecule has 19 heavy (non-hydrogen) atoms. The number of hydrogen-bond acceptors (Lipinski definition) is 3. The molecule has 0 saturated heterocycles. The molecule has 1 aromatic heterocycles. The lowest BCUT2D eigenvalue weighted by atomic mass is 10.2. The number of benzene rings is 1. The van der Waals surface area contributed by atoms with Gasteiger partial charge in [-0.25, -0.2) is 0 Å². The maximum atomic E-state index is 11.8. The number of rotatable bonds is 3. The lowest BCUT2D eigenvalue weighted by Crippen LogP contribution is -2.42. The van der Waals surface area contributed by atoms with Gasteiger partial charge in [-0.3, -0.25) is 9.48 Å². The molecular formula is C14H15N3O2. The number of carbonyl (C=O) groups excluding carboxylic acids is 1. The van der Waals surface area contributed by atoms with Crippen molar-refractivity contribution < 1.29 is 9.53 Å². The van der Waals surface area contributed by atoms with Gasteiger partial charge in [0.25, 0.3) is 5.91 Å². The van der Waals surface area contributed by atoms with Crippen molar-refractivity contribution >= 4 is 5.91 Å². The number of nitrogens with one attached hydrogen (secondary N) is 1. The van der Waals surface area contributed by atoms with Crippen molar-refractivity contribution in [3.05, 3.63) is 47.8 Å². The monoisotopic (exact) mass is 257 g/mol. The molecule has 98 valence electrons. The number of aromatic nitrogens is 2. The topological polar surface area (TPSA) is 56.2 Å². The molecule has 1 aliphatic rings. The van der Waals surface area contributed by atoms with Crippen LogP contribution in [0, 0.1) is 0 Å². The zero-order chi connectivity index (χ0) is 13.2. The number of hydrogen-bond donors (Lipinski definition) is 1. The molecule has 1 atom stereocenters. The summed E-state index contributed by atoms with van der Waals surface area (Å²) in [6, 6.07) is 11.5. The van der Waals surface area contributed by atoms with E-state index in [1.54, 1.807) is 10.7 Å². The summed E-state index contributed by atoms with van der Waals surface area (Å²) in [6.07, 6.45) is 0. The molecule has 1 amide bonds. The molecule has 0 radical (unpaired) electrons. The third-order valence-electron chi connectivity index (χ3n) is 3.02. The van der Waals surface area contributed by atoms with E-state index in [9.17, 15) is 4.79 Å². The van der Waals surface area contributed by atoms with E-state index in [2.05, 4.69) is 10.4 Å². The highest BCUT2D eigenvalue weighted by Crippen LogP contribution is 2.14. The summed E-state index contributed by atoms with van der Waals surface area (Å²) in [7, 11) is 0. The lowest BCUT2D eigenvalue weighted by Gasteiger charge is -2.20. The van der Waals surface area contributed by atoms with Crippen LogP contribution < -0.4 is 10.1 Å². The van der Waals surface area contributed by atoms with Crippen LogP contribution in [0.15, 0.2) is 36.4 Å². The van der Waals surface area contributed by atoms with Crippen LogP contribution in [0.3, 0.4) is 0 Å². The molecule has 1 N–H and O–H groups in total. The highest BCUT2D eigenvalue weighted by molar-refractivity contribution is 5.93. The molecule has 1 aromatic carbocycles. The fraction of sp³-hybridized carbons (Fsp3) is 0.286. The fourth-order valence-corrected chi connectivity index (χ4v) is 2.14. The van der Waals surface area contributed by atoms with E-state index < -0.39 is 0 Å². The Morgan fingerprint density at radius 1 is 1.42 bits per heavy atom. The second kappa shape index (κ2) is 4.76. The largest absolute Gasteiger partial charge is 0.487 e. The van der Waals surface area contributed by atoms with E-state index in [1.807, 2.05) is 37.3 Å². The van der Waals surface area contributed by atoms with Crippen molar-refractivity contribution in [2.24, 2.45) is 0 Å². The Morgan fingerprint density at radius 3 is 3.00 bits per heavy atom. The number of fused-ring (bicyclic) bond motifs is 1. The predicted molar refractivity (Wildman–Crippen MR) is 69.9 cm³/mol. The highest BCUT2D eigenvalue weighted by atomic mass is 16.5. The Labute approximate surface area is 111 Å². The molecule has 0 unspecified atom stereocenters. The third kappa shape index (κ3) is 2.45. The Bertz CT molecular complexity index is 592. The lowest BCUT2D eigenvalue weighted by molar-refractivity contribution is 0.0901. The second-order valence-corrected chi connectivity index (χ2v) is 4.68. The Morgan fingerprint density at radius 2 is 2.21 bits per heavy atom. The first-order valence-corrected chi connectivity index (χ1v) is 6.28. The normalized spacial score (nSPS) is 17.7. The van der Waals surface area contributed by atoms with Gasteiger partial charge in [-0.05, 0) is 25.1 Å². The number of para-hydroxylation sites is 1. The van der Waals surface area contributed by atoms with Crippen LogP contribution in [0.1, 0.15) is 23.1 Å². The van der Waals surface area contributed by atoms with Gasteiger partial charge in [0.2, 0.25) is 0 Å². The molecular weight excluding hydrogens is 242 g/mol. The molecule has 0 fully saturated rings. The third-order valence-corrected chi connectivity index (χ3v) is 3.02. The van der Waals surface area contributed by atoms with Gasteiger partial charge in [0.05, 0.1) is 6.54 Å². The molecule has 5 heteroatoms. The molecule has 3 rings (SSSR count). The zero-order valence-corrected chi connectivity index (χ0v) is 10.7. The van der Waals surface area contributed by atoms with Crippen molar-refractivity contribution in [3.63, 3.8) is 0 Å². The number of nitrogens with zero attached hydrogens (tertiary/aromatic N) is 2. The van der Waals surface area contributed by atoms with Crippen LogP contribution in [0.2, 0.25) is 0 Å². The maximum Gasteiger partial charge on any atom is 0.269 e. The van der Waals surface area contributed by atoms with Crippen LogP contribution in [0.4, 0.5) is 0 Å². The van der Waals surface area contributed by atoms with E-state index in [0.29, 0.717) is 18.8 Å². The van der Waals surface area contributed by atoms with E-state index in [0.717, 1.165) is 11.4 Å². The Hall–Kier alpha value is -2.30. The first-order chi connectivity index (χ1) is 9.22. The van der Waals surface area contributed by atoms with Gasteiger partial charge in [0.1, 0.15) is 23.7 Å². The van der Waals surface area contributed by atoms with Crippen LogP contribution in [0.25, 0.3) is 0 Å². The zero-order valence-electron chi connectivity index (χ0n) is 10.7. The molecule has 0 saturated carbocycles. The second-order valence-electron chi connectivity index (χ2n) is 4.68. The van der Waals surface area contributed by atoms with E-state index in [-0.39, 0.29) is 11.9 Å². The summed E-state index contributed by atoms with van der Waals surface area (Å²) < 4.78 is 7.37. The standard InChI is InChI=1S/C14H15N3O2/c1-10-8-17-13(14(18)15-10)7-11(16-17)9-19-12-5-3-2-4-6-12/h2-7,10H,8-9H2,1H3,(H,15,18)/t10-/m1/s1. The van der Waals surface area contributed by atoms with Crippen LogP contribution in [-0.2, 0) is 13.2 Å². The molecule has 0 aliphatic carbocycles. The Kier molecular flexibility index (Phi) is 2.95. The Balaban J connectivity index is 1.73. The van der Waals surface area contributed by atoms with Gasteiger partial charge in [0, 0.05) is 6.04 Å². The fourth-order valence-electron chi connectivity index (χ4n) is 2.14. The van der Waals surface area contributed by atoms with E-state index >= 15 is 0 Å². The quantitative estimate of drug-likeness (QED) is 0.908. The minimum Gasteiger partial charge on any atom is -0.487 e. The average Bonchev–Trinajstić information content (AvgIpc) is 2.81. The maximum absolute atomic E-state index is 11.8. The van der Waals surface area contributed by atoms with Gasteiger partial charge in [-0.15, -0.1) is 0 Å². The van der Waals surface area contributed by atoms with Crippen LogP contribution in [-0.4, -0.2) is 21.7 Å². The summed E-state index contributed by atoms with van der Waals surface area (Å²) >= 11 is 0. The summed E-state index contributed by atoms with van der Waals surface area (Å²) in [5.41, 5.74) is 1.37. The highest BCUT2D eigenvalue weighted by Gasteiger charge is 2.23. The molecule has 5 nitrogen and oxygen atoms in total. The van der Waals surface area contributed by atoms with Crippen molar-refractivity contribution in [3.8, 4) is 5.75 Å². The van der Waals surface area contributed by atoms with Gasteiger partial charge in [-0.1, -0.05) is 18.2 Å². The van der Waals surface area contributed by atoms with Crippen molar-refractivity contribution in [1.29, 1.82) is 0 Å². The minimum absolute atomic E-state index is 0.0720. The van der Waals surface area contributed by atoms with E-state index in [4.69, 9.17) is 4.74 Å². The van der Waals surface area contributed by atoms with E-state index in [1.165, 1.54) is 0 Å². The van der Waals surface area contributed by atoms with Gasteiger partial charge in [0.15, 0.2) is 0 Å². The van der Waals surface area contributed by atoms with Crippen molar-refractivity contribution in [2.75, 3.05) is 0 Å². The molecule has 1 aliphatic heterocycles. The summed E-state index contributed by atoms with van der Waals surface area (Å²) in [5.74, 6) is 0.725. The summed E-state index contributed by atoms with van der Waals surface area (Å²) in [4.78, 5) is 11.8. The molecule has 2 heterocycles. The average molecular weight is 257 g/mol. The number of ether oxygens (including phenoxy) is 1. The van der Waals surface area contributed by atoms with Crippen molar-refractivity contribution in [1.82, 2.24) is 15.1 Å². The first kappa shape index (κ1) is 11.8. The number of amides is 1. The summed E-state index contributed by atoms with van der Waals surface area (Å²) in [5, 5.41) is 7.28. The van der Waals surface area contributed by atoms with Crippen LogP contribution >= 0.6 is 0 Å². The molecule has 0 spiro atoms. The smallest absolute Gasteiger partial charge is 0.269 e. The summed E-state index contributed by atoms with van der Waals surface area (Å²) in [6.45, 7) is 3.03. The minimum atomic E-state index is -0.0720. The molecule has 0 bridgehead atoms. The first-order valence-electron chi connectivity index (χ1n) is 6.28. The predicted octanol–water partition coefficient (Wildman–Crippen LogP) is 1.59.